The van der Waals surface area contributed by atoms with Gasteiger partial charge < -0.3 is 9.47 Å². The lowest BCUT2D eigenvalue weighted by atomic mass is 9.49. The van der Waals surface area contributed by atoms with Crippen LogP contribution >= 0.6 is 0 Å². The van der Waals surface area contributed by atoms with Crippen LogP contribution in [0, 0.1) is 23.7 Å². The zero-order valence-corrected chi connectivity index (χ0v) is 24.1. The van der Waals surface area contributed by atoms with Crippen molar-refractivity contribution in [1.29, 1.82) is 0 Å². The molecule has 5 aromatic carbocycles. The third-order valence-corrected chi connectivity index (χ3v) is 13.6. The Morgan fingerprint density at radius 1 is 0.273 bits per heavy atom. The van der Waals surface area contributed by atoms with E-state index in [1.165, 1.54) is 66.8 Å². The van der Waals surface area contributed by atoms with Crippen LogP contribution in [0.4, 0.5) is 0 Å². The Hall–Kier alpha value is -3.98. The lowest BCUT2D eigenvalue weighted by Crippen LogP contribution is -2.43. The maximum Gasteiger partial charge on any atom is 0.0878 e. The third-order valence-electron chi connectivity index (χ3n) is 13.6. The van der Waals surface area contributed by atoms with E-state index in [9.17, 15) is 0 Å². The molecule has 44 heavy (non-hydrogen) atoms. The van der Waals surface area contributed by atoms with Crippen molar-refractivity contribution in [3.05, 3.63) is 176 Å². The van der Waals surface area contributed by atoms with Gasteiger partial charge in [-0.1, -0.05) is 97.1 Å². The van der Waals surface area contributed by atoms with Crippen molar-refractivity contribution in [2.24, 2.45) is 23.7 Å². The molecule has 2 heteroatoms. The van der Waals surface area contributed by atoms with E-state index in [0.717, 1.165) is 0 Å². The second-order valence-electron chi connectivity index (χ2n) is 14.8. The van der Waals surface area contributed by atoms with Crippen molar-refractivity contribution < 1.29 is 9.47 Å². The summed E-state index contributed by atoms with van der Waals surface area (Å²) in [6.07, 6.45) is 0.662. The molecule has 4 aliphatic heterocycles. The van der Waals surface area contributed by atoms with Gasteiger partial charge in [-0.15, -0.1) is 0 Å². The van der Waals surface area contributed by atoms with Crippen molar-refractivity contribution in [1.82, 2.24) is 0 Å². The zero-order valence-electron chi connectivity index (χ0n) is 24.1. The Morgan fingerprint density at radius 3 is 0.682 bits per heavy atom. The first-order valence-corrected chi connectivity index (χ1v) is 16.7. The van der Waals surface area contributed by atoms with Gasteiger partial charge in [0.15, 0.2) is 0 Å². The molecule has 0 amide bonds. The van der Waals surface area contributed by atoms with Crippen LogP contribution in [0.15, 0.2) is 109 Å². The minimum atomic E-state index is 0.165. The second kappa shape index (κ2) is 7.28. The van der Waals surface area contributed by atoms with E-state index in [0.29, 0.717) is 47.3 Å². The standard InChI is InChI=1S/C42H30O2/c1-2-10-20-19(9-1)31-21-11-3-4-12-22(21)32(20)36-35(31)39-27-17-29-30(18-28(27)40(36)43-39)42-38-34-25-15-7-5-13-23(25)33(37(38)41(29)44-42)24-14-6-8-16-26(24)34/h1-18,31-42H/t31?,32?,33?,34?,35-,36-,37+,38+,39-,40-,41+,42+. The number of ether oxygens (including phenoxy) is 2. The molecule has 4 heterocycles. The smallest absolute Gasteiger partial charge is 0.0878 e. The van der Waals surface area contributed by atoms with Gasteiger partial charge in [0.1, 0.15) is 0 Å². The lowest BCUT2D eigenvalue weighted by Gasteiger charge is -2.52. The van der Waals surface area contributed by atoms with Gasteiger partial charge in [-0.2, -0.15) is 0 Å². The molecule has 210 valence electrons. The first-order chi connectivity index (χ1) is 21.9. The monoisotopic (exact) mass is 566 g/mol. The number of hydrogen-bond acceptors (Lipinski definition) is 2. The molecule has 2 saturated heterocycles. The van der Waals surface area contributed by atoms with Crippen molar-refractivity contribution in [2.45, 2.75) is 48.1 Å². The van der Waals surface area contributed by atoms with Gasteiger partial charge in [-0.25, -0.2) is 0 Å². The Morgan fingerprint density at radius 2 is 0.477 bits per heavy atom. The van der Waals surface area contributed by atoms with E-state index in [2.05, 4.69) is 109 Å². The lowest BCUT2D eigenvalue weighted by molar-refractivity contribution is 0.0494. The molecule has 8 bridgehead atoms. The fourth-order valence-electron chi connectivity index (χ4n) is 12.5. The zero-order chi connectivity index (χ0) is 28.0. The van der Waals surface area contributed by atoms with Gasteiger partial charge >= 0.3 is 0 Å². The third kappa shape index (κ3) is 2.25. The quantitative estimate of drug-likeness (QED) is 0.186. The molecule has 0 radical (unpaired) electrons. The molecule has 0 saturated carbocycles. The highest BCUT2D eigenvalue weighted by molar-refractivity contribution is 5.63. The molecular formula is C42H30O2. The average molecular weight is 567 g/mol. The number of hydrogen-bond donors (Lipinski definition) is 0. The molecule has 2 nitrogen and oxygen atoms in total. The summed E-state index contributed by atoms with van der Waals surface area (Å²) in [4.78, 5) is 0. The van der Waals surface area contributed by atoms with Crippen molar-refractivity contribution >= 4 is 0 Å². The summed E-state index contributed by atoms with van der Waals surface area (Å²) < 4.78 is 14.3. The molecule has 15 rings (SSSR count). The topological polar surface area (TPSA) is 18.5 Å². The molecular weight excluding hydrogens is 536 g/mol. The Balaban J connectivity index is 0.979. The van der Waals surface area contributed by atoms with Gasteiger partial charge in [0.25, 0.3) is 0 Å². The number of fused-ring (bicyclic) bond motifs is 10. The fourth-order valence-corrected chi connectivity index (χ4v) is 12.5. The van der Waals surface area contributed by atoms with E-state index in [1.807, 2.05) is 0 Å². The SMILES string of the molecule is c1ccc2c(c1)C1c3ccccc3C2[C@@H]2[C@@H]1[C@@H]1O[C@@H]2c2cc3c(cc21)[C@@H]1O[C@@H]3[C@H]2C3c4ccccc4C(c4ccccc43)[C@@H]21. The largest absolute Gasteiger partial charge is 0.365 e. The average Bonchev–Trinajstić information content (AvgIpc) is 3.86. The van der Waals surface area contributed by atoms with Gasteiger partial charge in [0, 0.05) is 47.3 Å². The van der Waals surface area contributed by atoms with Crippen LogP contribution in [0.5, 0.6) is 0 Å². The van der Waals surface area contributed by atoms with Crippen molar-refractivity contribution in [3.63, 3.8) is 0 Å². The Bertz CT molecular complexity index is 1750. The number of benzene rings is 5. The molecule has 5 aromatic rings. The van der Waals surface area contributed by atoms with Crippen LogP contribution in [-0.4, -0.2) is 0 Å². The summed E-state index contributed by atoms with van der Waals surface area (Å²) >= 11 is 0. The molecule has 2 fully saturated rings. The minimum Gasteiger partial charge on any atom is -0.365 e. The van der Waals surface area contributed by atoms with Crippen LogP contribution in [0.25, 0.3) is 0 Å². The molecule has 0 N–H and O–H groups in total. The first kappa shape index (κ1) is 22.5. The summed E-state index contributed by atoms with van der Waals surface area (Å²) in [5.41, 5.74) is 18.2. The van der Waals surface area contributed by atoms with Gasteiger partial charge in [-0.3, -0.25) is 0 Å². The predicted molar refractivity (Wildman–Crippen MR) is 167 cm³/mol. The maximum atomic E-state index is 7.14. The molecule has 0 unspecified atom stereocenters. The summed E-state index contributed by atoms with van der Waals surface area (Å²) in [5.74, 6) is 3.63. The van der Waals surface area contributed by atoms with E-state index >= 15 is 0 Å². The highest BCUT2D eigenvalue weighted by Crippen LogP contribution is 2.75. The number of rotatable bonds is 0. The second-order valence-corrected chi connectivity index (χ2v) is 14.8. The molecule has 10 aliphatic rings. The van der Waals surface area contributed by atoms with E-state index < -0.39 is 0 Å². The van der Waals surface area contributed by atoms with E-state index in [4.69, 9.17) is 9.47 Å². The summed E-state index contributed by atoms with van der Waals surface area (Å²) in [6, 6.07) is 42.3. The van der Waals surface area contributed by atoms with E-state index in [-0.39, 0.29) is 24.4 Å². The molecule has 0 aromatic heterocycles. The molecule has 6 aliphatic carbocycles. The molecule has 8 atom stereocenters. The van der Waals surface area contributed by atoms with Crippen LogP contribution in [0.1, 0.15) is 115 Å². The Kier molecular flexibility index (Phi) is 3.73. The van der Waals surface area contributed by atoms with Crippen molar-refractivity contribution in [3.8, 4) is 0 Å². The van der Waals surface area contributed by atoms with Crippen LogP contribution < -0.4 is 0 Å². The van der Waals surface area contributed by atoms with Gasteiger partial charge in [0.2, 0.25) is 0 Å². The van der Waals surface area contributed by atoms with E-state index in [1.54, 1.807) is 0 Å². The highest BCUT2D eigenvalue weighted by Gasteiger charge is 2.66. The van der Waals surface area contributed by atoms with Crippen LogP contribution in [0.2, 0.25) is 0 Å². The van der Waals surface area contributed by atoms with Gasteiger partial charge in [-0.05, 0) is 78.9 Å². The van der Waals surface area contributed by atoms with Gasteiger partial charge in [0.05, 0.1) is 24.4 Å². The highest BCUT2D eigenvalue weighted by atomic mass is 16.5. The first-order valence-electron chi connectivity index (χ1n) is 16.7. The van der Waals surface area contributed by atoms with Crippen LogP contribution in [-0.2, 0) is 9.47 Å². The summed E-state index contributed by atoms with van der Waals surface area (Å²) in [6.45, 7) is 0. The maximum absolute atomic E-state index is 7.14. The predicted octanol–water partition coefficient (Wildman–Crippen LogP) is 8.99. The fraction of sp³-hybridized carbons (Fsp3) is 0.286. The van der Waals surface area contributed by atoms with Crippen molar-refractivity contribution in [2.75, 3.05) is 0 Å². The van der Waals surface area contributed by atoms with Crippen LogP contribution in [0.3, 0.4) is 0 Å². The Labute approximate surface area is 256 Å². The summed E-state index contributed by atoms with van der Waals surface area (Å²) in [5, 5.41) is 0. The normalized spacial score (nSPS) is 38.7. The summed E-state index contributed by atoms with van der Waals surface area (Å²) in [7, 11) is 0. The minimum absolute atomic E-state index is 0.165. The molecule has 0 spiro atoms.